The number of carbonyl (C=O) groups is 2. The van der Waals surface area contributed by atoms with Crippen LogP contribution < -0.4 is 10.6 Å². The van der Waals surface area contributed by atoms with E-state index in [1.54, 1.807) is 0 Å². The molecule has 1 aliphatic carbocycles. The number of carboxylic acid groups (broad SMARTS) is 1. The van der Waals surface area contributed by atoms with Crippen LogP contribution in [0.5, 0.6) is 0 Å². The van der Waals surface area contributed by atoms with Crippen molar-refractivity contribution in [1.82, 2.24) is 10.6 Å². The van der Waals surface area contributed by atoms with Crippen LogP contribution in [0, 0.1) is 11.3 Å². The van der Waals surface area contributed by atoms with E-state index in [1.807, 2.05) is 7.05 Å². The minimum Gasteiger partial charge on any atom is -0.481 e. The second kappa shape index (κ2) is 7.48. The van der Waals surface area contributed by atoms with Crippen molar-refractivity contribution >= 4 is 11.9 Å². The summed E-state index contributed by atoms with van der Waals surface area (Å²) in [6.07, 6.45) is 4.43. The normalized spacial score (nSPS) is 26.9. The zero-order valence-corrected chi connectivity index (χ0v) is 12.0. The molecule has 110 valence electrons. The third-order valence-corrected chi connectivity index (χ3v) is 4.14. The van der Waals surface area contributed by atoms with Gasteiger partial charge in [-0.2, -0.15) is 0 Å². The molecular formula is C14H26N2O3. The van der Waals surface area contributed by atoms with Gasteiger partial charge in [0.05, 0.1) is 5.41 Å². The van der Waals surface area contributed by atoms with Crippen LogP contribution in [0.25, 0.3) is 0 Å². The molecule has 1 saturated carbocycles. The fourth-order valence-corrected chi connectivity index (χ4v) is 2.56. The van der Waals surface area contributed by atoms with Crippen LogP contribution in [0.4, 0.5) is 0 Å². The number of hydrogen-bond acceptors (Lipinski definition) is 3. The first-order valence-electron chi connectivity index (χ1n) is 7.15. The molecule has 3 N–H and O–H groups in total. The Balaban J connectivity index is 2.42. The molecule has 0 heterocycles. The molecule has 0 aromatic carbocycles. The van der Waals surface area contributed by atoms with Gasteiger partial charge >= 0.3 is 5.97 Å². The predicted octanol–water partition coefficient (Wildman–Crippen LogP) is 1.38. The van der Waals surface area contributed by atoms with Crippen LogP contribution in [0.2, 0.25) is 0 Å². The predicted molar refractivity (Wildman–Crippen MR) is 73.9 cm³/mol. The SMILES string of the molecule is CNCCCC(=O)NCC1(C(=O)O)CCC(C)CC1. The molecule has 5 heteroatoms. The molecule has 0 radical (unpaired) electrons. The second-order valence-corrected chi connectivity index (χ2v) is 5.75. The van der Waals surface area contributed by atoms with Gasteiger partial charge in [0, 0.05) is 13.0 Å². The molecule has 1 rings (SSSR count). The summed E-state index contributed by atoms with van der Waals surface area (Å²) in [6.45, 7) is 3.23. The van der Waals surface area contributed by atoms with Crippen molar-refractivity contribution in [2.45, 2.75) is 45.4 Å². The van der Waals surface area contributed by atoms with E-state index in [9.17, 15) is 14.7 Å². The maximum absolute atomic E-state index is 11.7. The van der Waals surface area contributed by atoms with Gasteiger partial charge in [-0.25, -0.2) is 0 Å². The lowest BCUT2D eigenvalue weighted by Gasteiger charge is -2.35. The quantitative estimate of drug-likeness (QED) is 0.611. The molecule has 0 spiro atoms. The number of carbonyl (C=O) groups excluding carboxylic acids is 1. The van der Waals surface area contributed by atoms with Gasteiger partial charge < -0.3 is 15.7 Å². The van der Waals surface area contributed by atoms with Gasteiger partial charge in [0.1, 0.15) is 0 Å². The van der Waals surface area contributed by atoms with Gasteiger partial charge in [0.25, 0.3) is 0 Å². The van der Waals surface area contributed by atoms with Crippen LogP contribution in [0.3, 0.4) is 0 Å². The summed E-state index contributed by atoms with van der Waals surface area (Å²) in [5.74, 6) is -0.219. The smallest absolute Gasteiger partial charge is 0.311 e. The lowest BCUT2D eigenvalue weighted by atomic mass is 9.71. The van der Waals surface area contributed by atoms with E-state index in [2.05, 4.69) is 17.6 Å². The summed E-state index contributed by atoms with van der Waals surface area (Å²) >= 11 is 0. The van der Waals surface area contributed by atoms with E-state index >= 15 is 0 Å². The Morgan fingerprint density at radius 3 is 2.47 bits per heavy atom. The largest absolute Gasteiger partial charge is 0.481 e. The first-order chi connectivity index (χ1) is 9.00. The minimum absolute atomic E-state index is 0.0468. The summed E-state index contributed by atoms with van der Waals surface area (Å²) in [5, 5.41) is 15.2. The van der Waals surface area contributed by atoms with Crippen molar-refractivity contribution in [3.8, 4) is 0 Å². The van der Waals surface area contributed by atoms with Crippen molar-refractivity contribution < 1.29 is 14.7 Å². The Morgan fingerprint density at radius 2 is 1.95 bits per heavy atom. The van der Waals surface area contributed by atoms with Gasteiger partial charge in [0.15, 0.2) is 0 Å². The first-order valence-corrected chi connectivity index (χ1v) is 7.15. The first kappa shape index (κ1) is 16.0. The molecule has 19 heavy (non-hydrogen) atoms. The summed E-state index contributed by atoms with van der Waals surface area (Å²) < 4.78 is 0. The van der Waals surface area contributed by atoms with Gasteiger partial charge in [-0.15, -0.1) is 0 Å². The molecule has 0 aromatic rings. The summed E-state index contributed by atoms with van der Waals surface area (Å²) in [4.78, 5) is 23.2. The Hall–Kier alpha value is -1.10. The Morgan fingerprint density at radius 1 is 1.32 bits per heavy atom. The Bertz CT molecular complexity index is 310. The molecule has 0 bridgehead atoms. The summed E-state index contributed by atoms with van der Waals surface area (Å²) in [6, 6.07) is 0. The fourth-order valence-electron chi connectivity index (χ4n) is 2.56. The highest BCUT2D eigenvalue weighted by atomic mass is 16.4. The average molecular weight is 270 g/mol. The van der Waals surface area contributed by atoms with Crippen molar-refractivity contribution in [2.75, 3.05) is 20.1 Å². The zero-order chi connectivity index (χ0) is 14.3. The number of rotatable bonds is 7. The summed E-state index contributed by atoms with van der Waals surface area (Å²) in [5.41, 5.74) is -0.745. The topological polar surface area (TPSA) is 78.4 Å². The van der Waals surface area contributed by atoms with Crippen LogP contribution >= 0.6 is 0 Å². The lowest BCUT2D eigenvalue weighted by molar-refractivity contribution is -0.151. The van der Waals surface area contributed by atoms with E-state index in [0.717, 1.165) is 25.8 Å². The standard InChI is InChI=1S/C14H26N2O3/c1-11-5-7-14(8-6-11,13(18)19)10-16-12(17)4-3-9-15-2/h11,15H,3-10H2,1-2H3,(H,16,17)(H,18,19). The maximum Gasteiger partial charge on any atom is 0.311 e. The molecule has 0 aromatic heterocycles. The van der Waals surface area contributed by atoms with E-state index in [-0.39, 0.29) is 12.5 Å². The van der Waals surface area contributed by atoms with Gasteiger partial charge in [0.2, 0.25) is 5.91 Å². The molecule has 1 fully saturated rings. The van der Waals surface area contributed by atoms with Crippen LogP contribution in [-0.2, 0) is 9.59 Å². The number of aliphatic carboxylic acids is 1. The monoisotopic (exact) mass is 270 g/mol. The van der Waals surface area contributed by atoms with Gasteiger partial charge in [-0.3, -0.25) is 9.59 Å². The molecule has 1 aliphatic rings. The average Bonchev–Trinajstić information content (AvgIpc) is 2.38. The zero-order valence-electron chi connectivity index (χ0n) is 12.0. The van der Waals surface area contributed by atoms with Crippen LogP contribution in [0.1, 0.15) is 45.4 Å². The molecule has 0 aliphatic heterocycles. The van der Waals surface area contributed by atoms with Gasteiger partial charge in [-0.05, 0) is 51.6 Å². The lowest BCUT2D eigenvalue weighted by Crippen LogP contribution is -2.45. The molecule has 0 saturated heterocycles. The number of carboxylic acids is 1. The van der Waals surface area contributed by atoms with E-state index in [4.69, 9.17) is 0 Å². The highest BCUT2D eigenvalue weighted by Gasteiger charge is 2.41. The third-order valence-electron chi connectivity index (χ3n) is 4.14. The Labute approximate surface area is 115 Å². The highest BCUT2D eigenvalue weighted by molar-refractivity contribution is 5.79. The molecule has 5 nitrogen and oxygen atoms in total. The summed E-state index contributed by atoms with van der Waals surface area (Å²) in [7, 11) is 1.85. The number of amides is 1. The van der Waals surface area contributed by atoms with E-state index in [1.165, 1.54) is 0 Å². The van der Waals surface area contributed by atoms with Crippen molar-refractivity contribution in [3.63, 3.8) is 0 Å². The molecule has 0 atom stereocenters. The van der Waals surface area contributed by atoms with Crippen molar-refractivity contribution in [2.24, 2.45) is 11.3 Å². The second-order valence-electron chi connectivity index (χ2n) is 5.75. The number of nitrogens with one attached hydrogen (secondary N) is 2. The van der Waals surface area contributed by atoms with Crippen molar-refractivity contribution in [1.29, 1.82) is 0 Å². The molecular weight excluding hydrogens is 244 g/mol. The van der Waals surface area contributed by atoms with Gasteiger partial charge in [-0.1, -0.05) is 6.92 Å². The molecule has 0 unspecified atom stereocenters. The molecule has 1 amide bonds. The van der Waals surface area contributed by atoms with E-state index < -0.39 is 11.4 Å². The van der Waals surface area contributed by atoms with Crippen LogP contribution in [-0.4, -0.2) is 37.1 Å². The highest BCUT2D eigenvalue weighted by Crippen LogP contribution is 2.38. The maximum atomic E-state index is 11.7. The van der Waals surface area contributed by atoms with E-state index in [0.29, 0.717) is 25.2 Å². The third kappa shape index (κ3) is 4.82. The van der Waals surface area contributed by atoms with Crippen LogP contribution in [0.15, 0.2) is 0 Å². The van der Waals surface area contributed by atoms with Crippen molar-refractivity contribution in [3.05, 3.63) is 0 Å². The minimum atomic E-state index is -0.769. The fraction of sp³-hybridized carbons (Fsp3) is 0.857. The Kier molecular flexibility index (Phi) is 6.28. The number of hydrogen-bond donors (Lipinski definition) is 3.